The first kappa shape index (κ1) is 13.9. The highest BCUT2D eigenvalue weighted by Crippen LogP contribution is 2.35. The maximum Gasteiger partial charge on any atom is 0.106 e. The first-order valence-electron chi connectivity index (χ1n) is 6.17. The molecule has 0 saturated heterocycles. The molecule has 0 amide bonds. The Balaban J connectivity index is 2.00. The molecule has 5 heteroatoms. The van der Waals surface area contributed by atoms with Gasteiger partial charge in [-0.25, -0.2) is 0 Å². The molecule has 18 heavy (non-hydrogen) atoms. The summed E-state index contributed by atoms with van der Waals surface area (Å²) in [6.07, 6.45) is 4.00. The van der Waals surface area contributed by atoms with E-state index in [0.717, 1.165) is 30.2 Å². The Morgan fingerprint density at radius 1 is 1.56 bits per heavy atom. The average Bonchev–Trinajstić information content (AvgIpc) is 2.85. The maximum atomic E-state index is 9.26. The second kappa shape index (κ2) is 5.60. The summed E-state index contributed by atoms with van der Waals surface area (Å²) in [6.45, 7) is 0. The molecule has 1 aliphatic rings. The van der Waals surface area contributed by atoms with Crippen LogP contribution in [0.2, 0.25) is 0 Å². The van der Waals surface area contributed by atoms with Crippen LogP contribution >= 0.6 is 27.3 Å². The molecule has 0 bridgehead atoms. The predicted molar refractivity (Wildman–Crippen MR) is 80.1 cm³/mol. The van der Waals surface area contributed by atoms with Gasteiger partial charge in [-0.2, -0.15) is 5.26 Å². The van der Waals surface area contributed by atoms with Crippen molar-refractivity contribution in [3.05, 3.63) is 15.9 Å². The van der Waals surface area contributed by atoms with Crippen LogP contribution < -0.4 is 10.2 Å². The third-order valence-electron chi connectivity index (χ3n) is 3.95. The van der Waals surface area contributed by atoms with Crippen LogP contribution in [0.4, 0.5) is 5.00 Å². The summed E-state index contributed by atoms with van der Waals surface area (Å²) < 4.78 is 1.15. The zero-order valence-electron chi connectivity index (χ0n) is 10.7. The Morgan fingerprint density at radius 2 is 2.22 bits per heavy atom. The van der Waals surface area contributed by atoms with Gasteiger partial charge in [0.1, 0.15) is 5.54 Å². The van der Waals surface area contributed by atoms with Gasteiger partial charge in [0.25, 0.3) is 0 Å². The van der Waals surface area contributed by atoms with E-state index in [4.69, 9.17) is 0 Å². The van der Waals surface area contributed by atoms with Gasteiger partial charge in [0.05, 0.1) is 11.1 Å². The van der Waals surface area contributed by atoms with Crippen molar-refractivity contribution in [2.75, 3.05) is 19.0 Å². The van der Waals surface area contributed by atoms with Crippen LogP contribution in [0.1, 0.15) is 25.7 Å². The minimum absolute atomic E-state index is 0.298. The molecule has 1 heterocycles. The molecule has 0 spiro atoms. The lowest BCUT2D eigenvalue weighted by molar-refractivity contribution is 0.288. The topological polar surface area (TPSA) is 39.1 Å². The van der Waals surface area contributed by atoms with Crippen LogP contribution in [-0.4, -0.2) is 25.7 Å². The summed E-state index contributed by atoms with van der Waals surface area (Å²) in [6, 6.07) is 5.14. The monoisotopic (exact) mass is 327 g/mol. The van der Waals surface area contributed by atoms with Crippen LogP contribution in [0.15, 0.2) is 15.9 Å². The first-order valence-corrected chi connectivity index (χ1v) is 7.84. The van der Waals surface area contributed by atoms with Crippen molar-refractivity contribution in [2.45, 2.75) is 37.3 Å². The number of hydrogen-bond acceptors (Lipinski definition) is 4. The Morgan fingerprint density at radius 3 is 2.67 bits per heavy atom. The van der Waals surface area contributed by atoms with E-state index in [1.54, 1.807) is 11.3 Å². The smallest absolute Gasteiger partial charge is 0.106 e. The Kier molecular flexibility index (Phi) is 4.31. The zero-order valence-corrected chi connectivity index (χ0v) is 13.1. The van der Waals surface area contributed by atoms with Crippen LogP contribution in [0.5, 0.6) is 0 Å². The second-order valence-corrected chi connectivity index (χ2v) is 6.69. The van der Waals surface area contributed by atoms with E-state index in [9.17, 15) is 5.26 Å². The molecule has 0 aliphatic heterocycles. The van der Waals surface area contributed by atoms with Crippen molar-refractivity contribution in [1.29, 1.82) is 5.26 Å². The van der Waals surface area contributed by atoms with Crippen molar-refractivity contribution in [3.8, 4) is 6.07 Å². The fourth-order valence-corrected chi connectivity index (χ4v) is 4.03. The molecule has 1 aliphatic carbocycles. The SMILES string of the molecule is CNC1(C#N)CCC(N(C)c2cc(Br)cs2)CC1. The molecule has 3 nitrogen and oxygen atoms in total. The first-order chi connectivity index (χ1) is 8.60. The van der Waals surface area contributed by atoms with Gasteiger partial charge in [0, 0.05) is 22.9 Å². The highest BCUT2D eigenvalue weighted by Gasteiger charge is 2.35. The highest BCUT2D eigenvalue weighted by molar-refractivity contribution is 9.10. The molecule has 1 fully saturated rings. The summed E-state index contributed by atoms with van der Waals surface area (Å²) >= 11 is 5.26. The van der Waals surface area contributed by atoms with Gasteiger partial charge in [-0.1, -0.05) is 0 Å². The molecule has 1 saturated carbocycles. The standard InChI is InChI=1S/C13H18BrN3S/c1-16-13(9-15)5-3-11(4-6-13)17(2)12-7-10(14)8-18-12/h7-8,11,16H,3-6H2,1-2H3. The van der Waals surface area contributed by atoms with E-state index < -0.39 is 0 Å². The number of hydrogen-bond donors (Lipinski definition) is 1. The third kappa shape index (κ3) is 2.71. The van der Waals surface area contributed by atoms with Gasteiger partial charge >= 0.3 is 0 Å². The number of nitrogens with one attached hydrogen (secondary N) is 1. The number of thiophene rings is 1. The Hall–Kier alpha value is -0.570. The van der Waals surface area contributed by atoms with Crippen LogP contribution in [-0.2, 0) is 0 Å². The fourth-order valence-electron chi connectivity index (χ4n) is 2.57. The van der Waals surface area contributed by atoms with Crippen molar-refractivity contribution in [1.82, 2.24) is 5.32 Å². The second-order valence-electron chi connectivity index (χ2n) is 4.89. The van der Waals surface area contributed by atoms with Crippen LogP contribution in [0.3, 0.4) is 0 Å². The quantitative estimate of drug-likeness (QED) is 0.925. The van der Waals surface area contributed by atoms with E-state index in [1.807, 2.05) is 7.05 Å². The highest BCUT2D eigenvalue weighted by atomic mass is 79.9. The normalized spacial score (nSPS) is 27.8. The molecule has 98 valence electrons. The van der Waals surface area contributed by atoms with Gasteiger partial charge in [0.2, 0.25) is 0 Å². The van der Waals surface area contributed by atoms with Crippen molar-refractivity contribution in [2.24, 2.45) is 0 Å². The molecule has 2 rings (SSSR count). The molecule has 0 radical (unpaired) electrons. The molecule has 0 atom stereocenters. The lowest BCUT2D eigenvalue weighted by atomic mass is 9.80. The van der Waals surface area contributed by atoms with Crippen molar-refractivity contribution in [3.63, 3.8) is 0 Å². The predicted octanol–water partition coefficient (Wildman–Crippen LogP) is 3.37. The van der Waals surface area contributed by atoms with Gasteiger partial charge in [0.15, 0.2) is 0 Å². The molecule has 0 unspecified atom stereocenters. The molecule has 1 aromatic heterocycles. The maximum absolute atomic E-state index is 9.26. The summed E-state index contributed by atoms with van der Waals surface area (Å²) in [7, 11) is 4.05. The van der Waals surface area contributed by atoms with Gasteiger partial charge in [-0.05, 0) is 54.7 Å². The van der Waals surface area contributed by atoms with E-state index in [1.165, 1.54) is 5.00 Å². The lowest BCUT2D eigenvalue weighted by Gasteiger charge is -2.39. The largest absolute Gasteiger partial charge is 0.363 e. The minimum atomic E-state index is -0.298. The van der Waals surface area contributed by atoms with E-state index in [0.29, 0.717) is 6.04 Å². The molecular weight excluding hydrogens is 310 g/mol. The summed E-state index contributed by atoms with van der Waals surface area (Å²) in [5.41, 5.74) is -0.298. The van der Waals surface area contributed by atoms with Crippen LogP contribution in [0, 0.1) is 11.3 Å². The fraction of sp³-hybridized carbons (Fsp3) is 0.615. The Labute approximate surface area is 121 Å². The lowest BCUT2D eigenvalue weighted by Crippen LogP contribution is -2.48. The van der Waals surface area contributed by atoms with Crippen molar-refractivity contribution >= 4 is 32.3 Å². The molecular formula is C13H18BrN3S. The number of rotatable bonds is 3. The number of nitriles is 1. The zero-order chi connectivity index (χ0) is 13.2. The minimum Gasteiger partial charge on any atom is -0.363 e. The number of nitrogens with zero attached hydrogens (tertiary/aromatic N) is 2. The van der Waals surface area contributed by atoms with Gasteiger partial charge in [-0.15, -0.1) is 11.3 Å². The molecule has 1 N–H and O–H groups in total. The molecule has 1 aromatic rings. The van der Waals surface area contributed by atoms with Crippen molar-refractivity contribution < 1.29 is 0 Å². The third-order valence-corrected chi connectivity index (χ3v) is 5.73. The van der Waals surface area contributed by atoms with E-state index in [2.05, 4.69) is 50.7 Å². The number of anilines is 1. The van der Waals surface area contributed by atoms with Crippen LogP contribution in [0.25, 0.3) is 0 Å². The summed E-state index contributed by atoms with van der Waals surface area (Å²) in [5, 5.41) is 15.8. The summed E-state index contributed by atoms with van der Waals surface area (Å²) in [4.78, 5) is 2.35. The summed E-state index contributed by atoms with van der Waals surface area (Å²) in [5.74, 6) is 0. The Bertz CT molecular complexity index is 443. The number of halogens is 1. The van der Waals surface area contributed by atoms with E-state index >= 15 is 0 Å². The van der Waals surface area contributed by atoms with Gasteiger partial charge in [-0.3, -0.25) is 0 Å². The molecule has 0 aromatic carbocycles. The van der Waals surface area contributed by atoms with E-state index in [-0.39, 0.29) is 5.54 Å². The average molecular weight is 328 g/mol. The van der Waals surface area contributed by atoms with Gasteiger partial charge < -0.3 is 10.2 Å².